The van der Waals surface area contributed by atoms with Crippen molar-refractivity contribution in [1.82, 2.24) is 5.01 Å². The van der Waals surface area contributed by atoms with Crippen molar-refractivity contribution in [2.75, 3.05) is 6.61 Å². The first-order chi connectivity index (χ1) is 12.9. The van der Waals surface area contributed by atoms with Gasteiger partial charge in [-0.05, 0) is 31.2 Å². The van der Waals surface area contributed by atoms with Crippen LogP contribution in [0.4, 0.5) is 5.69 Å². The van der Waals surface area contributed by atoms with Gasteiger partial charge < -0.3 is 9.84 Å². The Kier molecular flexibility index (Phi) is 3.94. The molecule has 3 aliphatic rings. The number of hydrogen-bond donors (Lipinski definition) is 1. The van der Waals surface area contributed by atoms with E-state index in [-0.39, 0.29) is 53.4 Å². The lowest BCUT2D eigenvalue weighted by Gasteiger charge is -2.13. The van der Waals surface area contributed by atoms with Gasteiger partial charge in [-0.15, -0.1) is 0 Å². The van der Waals surface area contributed by atoms with Crippen LogP contribution in [0.25, 0.3) is 0 Å². The number of ether oxygens (including phenoxy) is 1. The number of hydrazone groups is 1. The highest BCUT2D eigenvalue weighted by Crippen LogP contribution is 2.52. The molecule has 0 spiro atoms. The lowest BCUT2D eigenvalue weighted by molar-refractivity contribution is -0.386. The van der Waals surface area contributed by atoms with E-state index in [0.29, 0.717) is 0 Å². The van der Waals surface area contributed by atoms with Crippen molar-refractivity contribution in [3.63, 3.8) is 0 Å². The number of hydrogen-bond acceptors (Lipinski definition) is 7. The topological polar surface area (TPSA) is 122 Å². The van der Waals surface area contributed by atoms with Crippen LogP contribution in [0, 0.1) is 33.8 Å². The molecule has 1 aliphatic heterocycles. The Morgan fingerprint density at radius 3 is 2.48 bits per heavy atom. The van der Waals surface area contributed by atoms with Gasteiger partial charge in [0.15, 0.2) is 5.75 Å². The Morgan fingerprint density at radius 1 is 1.30 bits per heavy atom. The number of carbonyl (C=O) groups excluding carboxylic acids is 2. The van der Waals surface area contributed by atoms with Crippen molar-refractivity contribution >= 4 is 23.7 Å². The van der Waals surface area contributed by atoms with Crippen LogP contribution >= 0.6 is 0 Å². The molecule has 2 fully saturated rings. The van der Waals surface area contributed by atoms with Gasteiger partial charge in [-0.3, -0.25) is 19.7 Å². The average molecular weight is 371 g/mol. The van der Waals surface area contributed by atoms with E-state index in [1.54, 1.807) is 6.92 Å². The molecule has 2 amide bonds. The molecule has 0 unspecified atom stereocenters. The van der Waals surface area contributed by atoms with Crippen LogP contribution in [0.5, 0.6) is 11.5 Å². The van der Waals surface area contributed by atoms with Gasteiger partial charge in [0.05, 0.1) is 29.6 Å². The van der Waals surface area contributed by atoms with Gasteiger partial charge in [-0.1, -0.05) is 12.2 Å². The number of carbonyl (C=O) groups is 2. The molecule has 27 heavy (non-hydrogen) atoms. The fourth-order valence-electron chi connectivity index (χ4n) is 4.22. The van der Waals surface area contributed by atoms with E-state index in [4.69, 9.17) is 4.74 Å². The predicted octanol–water partition coefficient (Wildman–Crippen LogP) is 1.84. The van der Waals surface area contributed by atoms with Crippen LogP contribution in [0.1, 0.15) is 18.9 Å². The first kappa shape index (κ1) is 17.2. The second-order valence-corrected chi connectivity index (χ2v) is 6.81. The first-order valence-corrected chi connectivity index (χ1v) is 8.66. The quantitative estimate of drug-likeness (QED) is 0.277. The Labute approximate surface area is 154 Å². The van der Waals surface area contributed by atoms with Crippen LogP contribution in [-0.2, 0) is 9.59 Å². The molecule has 0 radical (unpaired) electrons. The molecule has 1 aromatic rings. The lowest BCUT2D eigenvalue weighted by Crippen LogP contribution is -2.28. The SMILES string of the molecule is CCOc1cc(/C=N/N2C(=O)[C@@H]3[C@H](C2=O)[C@@H]2C=C[C@H]3C2)cc([N+](=O)[O-])c1O. The van der Waals surface area contributed by atoms with Crippen molar-refractivity contribution in [3.05, 3.63) is 40.0 Å². The van der Waals surface area contributed by atoms with Crippen molar-refractivity contribution in [3.8, 4) is 11.5 Å². The second-order valence-electron chi connectivity index (χ2n) is 6.81. The van der Waals surface area contributed by atoms with Crippen molar-refractivity contribution in [2.24, 2.45) is 28.8 Å². The summed E-state index contributed by atoms with van der Waals surface area (Å²) >= 11 is 0. The molecule has 4 atom stereocenters. The molecule has 1 aromatic carbocycles. The third-order valence-corrected chi connectivity index (χ3v) is 5.34. The van der Waals surface area contributed by atoms with E-state index in [2.05, 4.69) is 5.10 Å². The number of allylic oxidation sites excluding steroid dienone is 2. The highest BCUT2D eigenvalue weighted by atomic mass is 16.6. The zero-order valence-corrected chi connectivity index (χ0v) is 14.4. The fraction of sp³-hybridized carbons (Fsp3) is 0.389. The van der Waals surface area contributed by atoms with Gasteiger partial charge in [-0.25, -0.2) is 0 Å². The number of imide groups is 1. The standard InChI is InChI=1S/C18H17N3O6/c1-2-27-13-6-9(5-12(16(13)22)21(25)26)8-19-20-17(23)14-10-3-4-11(7-10)15(14)18(20)24/h3-6,8,10-11,14-15,22H,2,7H2,1H3/b19-8+/t10-,11+,14-,15+. The minimum Gasteiger partial charge on any atom is -0.500 e. The third kappa shape index (κ3) is 2.57. The summed E-state index contributed by atoms with van der Waals surface area (Å²) in [5.74, 6) is -1.88. The number of rotatable bonds is 5. The lowest BCUT2D eigenvalue weighted by atomic mass is 9.85. The van der Waals surface area contributed by atoms with Crippen LogP contribution in [0.15, 0.2) is 29.4 Å². The van der Waals surface area contributed by atoms with Crippen LogP contribution in [0.3, 0.4) is 0 Å². The zero-order valence-electron chi connectivity index (χ0n) is 14.4. The molecule has 9 heteroatoms. The van der Waals surface area contributed by atoms with Gasteiger partial charge in [0.25, 0.3) is 11.8 Å². The predicted molar refractivity (Wildman–Crippen MR) is 93.1 cm³/mol. The molecular weight excluding hydrogens is 354 g/mol. The number of phenols is 1. The maximum Gasteiger partial charge on any atom is 0.315 e. The fourth-order valence-corrected chi connectivity index (χ4v) is 4.22. The smallest absolute Gasteiger partial charge is 0.315 e. The van der Waals surface area contributed by atoms with E-state index in [1.165, 1.54) is 12.3 Å². The second kappa shape index (κ2) is 6.19. The zero-order chi connectivity index (χ0) is 19.3. The monoisotopic (exact) mass is 371 g/mol. The van der Waals surface area contributed by atoms with E-state index in [9.17, 15) is 24.8 Å². The molecule has 1 saturated heterocycles. The van der Waals surface area contributed by atoms with Gasteiger partial charge in [0.1, 0.15) is 0 Å². The number of benzene rings is 1. The summed E-state index contributed by atoms with van der Waals surface area (Å²) in [6.45, 7) is 1.88. The summed E-state index contributed by atoms with van der Waals surface area (Å²) < 4.78 is 5.21. The van der Waals surface area contributed by atoms with Crippen LogP contribution in [-0.4, -0.2) is 39.7 Å². The Bertz CT molecular complexity index is 879. The molecule has 1 heterocycles. The van der Waals surface area contributed by atoms with Crippen LogP contribution in [0.2, 0.25) is 0 Å². The van der Waals surface area contributed by atoms with Crippen molar-refractivity contribution in [1.29, 1.82) is 0 Å². The summed E-state index contributed by atoms with van der Waals surface area (Å²) in [6, 6.07) is 2.48. The van der Waals surface area contributed by atoms with Gasteiger partial charge in [-0.2, -0.15) is 10.1 Å². The number of nitro groups is 1. The summed E-state index contributed by atoms with van der Waals surface area (Å²) in [6.07, 6.45) is 6.00. The van der Waals surface area contributed by atoms with Crippen molar-refractivity contribution in [2.45, 2.75) is 13.3 Å². The van der Waals surface area contributed by atoms with E-state index < -0.39 is 16.4 Å². The van der Waals surface area contributed by atoms with E-state index >= 15 is 0 Å². The minimum absolute atomic E-state index is 0.0636. The average Bonchev–Trinajstić information content (AvgIpc) is 3.30. The number of amides is 2. The first-order valence-electron chi connectivity index (χ1n) is 8.66. The minimum atomic E-state index is -0.741. The summed E-state index contributed by atoms with van der Waals surface area (Å²) in [5.41, 5.74) is -0.303. The molecule has 1 saturated carbocycles. The summed E-state index contributed by atoms with van der Waals surface area (Å²) in [4.78, 5) is 35.6. The molecule has 0 aromatic heterocycles. The molecule has 2 aliphatic carbocycles. The highest BCUT2D eigenvalue weighted by molar-refractivity contribution is 6.06. The summed E-state index contributed by atoms with van der Waals surface area (Å²) in [7, 11) is 0. The normalized spacial score (nSPS) is 28.4. The summed E-state index contributed by atoms with van der Waals surface area (Å²) in [5, 5.41) is 25.9. The van der Waals surface area contributed by atoms with Crippen molar-refractivity contribution < 1.29 is 24.4 Å². The molecule has 140 valence electrons. The third-order valence-electron chi connectivity index (χ3n) is 5.34. The number of nitro benzene ring substituents is 1. The molecule has 9 nitrogen and oxygen atoms in total. The highest BCUT2D eigenvalue weighted by Gasteiger charge is 2.59. The Morgan fingerprint density at radius 2 is 1.93 bits per heavy atom. The molecule has 4 rings (SSSR count). The Hall–Kier alpha value is -3.23. The molecule has 1 N–H and O–H groups in total. The molecule has 2 bridgehead atoms. The Balaban J connectivity index is 1.63. The van der Waals surface area contributed by atoms with Gasteiger partial charge in [0, 0.05) is 11.6 Å². The van der Waals surface area contributed by atoms with E-state index in [0.717, 1.165) is 17.5 Å². The molecular formula is C18H17N3O6. The number of fused-ring (bicyclic) bond motifs is 5. The number of phenolic OH excluding ortho intramolecular Hbond substituents is 1. The number of aromatic hydroxyl groups is 1. The van der Waals surface area contributed by atoms with Gasteiger partial charge >= 0.3 is 5.69 Å². The number of nitrogens with zero attached hydrogens (tertiary/aromatic N) is 3. The van der Waals surface area contributed by atoms with Gasteiger partial charge in [0.2, 0.25) is 5.75 Å². The largest absolute Gasteiger partial charge is 0.500 e. The van der Waals surface area contributed by atoms with Crippen LogP contribution < -0.4 is 4.74 Å². The van der Waals surface area contributed by atoms with E-state index in [1.807, 2.05) is 12.2 Å². The maximum atomic E-state index is 12.6. The maximum absolute atomic E-state index is 12.6.